The van der Waals surface area contributed by atoms with Gasteiger partial charge in [-0.3, -0.25) is 14.7 Å². The predicted molar refractivity (Wildman–Crippen MR) is 63.0 cm³/mol. The van der Waals surface area contributed by atoms with E-state index in [1.165, 1.54) is 0 Å². The average Bonchev–Trinajstić information content (AvgIpc) is 2.30. The Hall–Kier alpha value is -1.22. The van der Waals surface area contributed by atoms with E-state index in [0.717, 1.165) is 31.5 Å². The van der Waals surface area contributed by atoms with Gasteiger partial charge in [-0.25, -0.2) is 0 Å². The molecular formula is C13H18N2O. The second kappa shape index (κ2) is 5.21. The molecule has 1 aromatic rings. The molecule has 16 heavy (non-hydrogen) atoms. The normalized spacial score (nSPS) is 21.4. The molecule has 2 rings (SSSR count). The number of carbonyl (C=O) groups excluding carboxylic acids is 1. The summed E-state index contributed by atoms with van der Waals surface area (Å²) in [5.74, 6) is 0.407. The van der Waals surface area contributed by atoms with Crippen LogP contribution in [-0.2, 0) is 11.3 Å². The van der Waals surface area contributed by atoms with E-state index in [0.29, 0.717) is 18.2 Å². The maximum Gasteiger partial charge on any atom is 0.134 e. The summed E-state index contributed by atoms with van der Waals surface area (Å²) in [6.45, 7) is 0.832. The van der Waals surface area contributed by atoms with E-state index in [1.807, 2.05) is 24.4 Å². The number of hydrogen-bond donors (Lipinski definition) is 0. The van der Waals surface area contributed by atoms with Gasteiger partial charge in [0, 0.05) is 31.6 Å². The van der Waals surface area contributed by atoms with Gasteiger partial charge in [0.15, 0.2) is 0 Å². The van der Waals surface area contributed by atoms with Crippen LogP contribution < -0.4 is 0 Å². The summed E-state index contributed by atoms with van der Waals surface area (Å²) in [7, 11) is 2.08. The van der Waals surface area contributed by atoms with Gasteiger partial charge >= 0.3 is 0 Å². The molecule has 1 aliphatic carbocycles. The SMILES string of the molecule is CN(Cc1ccccn1)C1CCCC(=O)C1. The van der Waals surface area contributed by atoms with E-state index >= 15 is 0 Å². The Morgan fingerprint density at radius 2 is 2.38 bits per heavy atom. The lowest BCUT2D eigenvalue weighted by atomic mass is 9.93. The van der Waals surface area contributed by atoms with Crippen molar-refractivity contribution in [2.75, 3.05) is 7.05 Å². The van der Waals surface area contributed by atoms with Gasteiger partial charge in [-0.05, 0) is 32.0 Å². The first kappa shape index (κ1) is 11.3. The summed E-state index contributed by atoms with van der Waals surface area (Å²) in [6.07, 6.45) is 5.47. The smallest absolute Gasteiger partial charge is 0.134 e. The van der Waals surface area contributed by atoms with Crippen molar-refractivity contribution in [2.24, 2.45) is 0 Å². The van der Waals surface area contributed by atoms with Crippen molar-refractivity contribution in [1.82, 2.24) is 9.88 Å². The van der Waals surface area contributed by atoms with Crippen molar-refractivity contribution in [3.05, 3.63) is 30.1 Å². The minimum atomic E-state index is 0.406. The van der Waals surface area contributed by atoms with Gasteiger partial charge in [-0.15, -0.1) is 0 Å². The van der Waals surface area contributed by atoms with Crippen molar-refractivity contribution >= 4 is 5.78 Å². The maximum absolute atomic E-state index is 11.4. The third-order valence-corrected chi connectivity index (χ3v) is 3.22. The molecule has 1 saturated carbocycles. The highest BCUT2D eigenvalue weighted by molar-refractivity contribution is 5.79. The summed E-state index contributed by atoms with van der Waals surface area (Å²) in [4.78, 5) is 17.9. The molecule has 0 N–H and O–H groups in total. The molecule has 1 aliphatic rings. The molecule has 1 fully saturated rings. The van der Waals surface area contributed by atoms with E-state index in [4.69, 9.17) is 0 Å². The summed E-state index contributed by atoms with van der Waals surface area (Å²) in [5, 5.41) is 0. The van der Waals surface area contributed by atoms with Gasteiger partial charge in [0.25, 0.3) is 0 Å². The Morgan fingerprint density at radius 3 is 3.06 bits per heavy atom. The second-order valence-electron chi connectivity index (χ2n) is 4.53. The molecule has 0 bridgehead atoms. The zero-order valence-corrected chi connectivity index (χ0v) is 9.72. The van der Waals surface area contributed by atoms with Crippen LogP contribution in [0.15, 0.2) is 24.4 Å². The molecule has 0 radical (unpaired) electrons. The van der Waals surface area contributed by atoms with Crippen LogP contribution in [0.25, 0.3) is 0 Å². The minimum absolute atomic E-state index is 0.406. The molecule has 0 saturated heterocycles. The van der Waals surface area contributed by atoms with Gasteiger partial charge in [0.1, 0.15) is 5.78 Å². The summed E-state index contributed by atoms with van der Waals surface area (Å²) < 4.78 is 0. The maximum atomic E-state index is 11.4. The van der Waals surface area contributed by atoms with E-state index in [2.05, 4.69) is 16.9 Å². The van der Waals surface area contributed by atoms with Crippen LogP contribution in [0.5, 0.6) is 0 Å². The number of nitrogens with zero attached hydrogens (tertiary/aromatic N) is 2. The monoisotopic (exact) mass is 218 g/mol. The lowest BCUT2D eigenvalue weighted by molar-refractivity contribution is -0.121. The molecule has 86 valence electrons. The fraction of sp³-hybridized carbons (Fsp3) is 0.538. The third kappa shape index (κ3) is 2.89. The van der Waals surface area contributed by atoms with Crippen LogP contribution in [0.3, 0.4) is 0 Å². The Balaban J connectivity index is 1.92. The molecule has 3 heteroatoms. The molecule has 1 aromatic heterocycles. The first-order valence-electron chi connectivity index (χ1n) is 5.87. The van der Waals surface area contributed by atoms with Crippen molar-refractivity contribution in [3.8, 4) is 0 Å². The molecule has 0 spiro atoms. The molecule has 1 unspecified atom stereocenters. The van der Waals surface area contributed by atoms with Gasteiger partial charge in [-0.2, -0.15) is 0 Å². The lowest BCUT2D eigenvalue weighted by Gasteiger charge is -2.30. The third-order valence-electron chi connectivity index (χ3n) is 3.22. The number of hydrogen-bond acceptors (Lipinski definition) is 3. The van der Waals surface area contributed by atoms with Crippen LogP contribution >= 0.6 is 0 Å². The number of rotatable bonds is 3. The minimum Gasteiger partial charge on any atom is -0.300 e. The molecule has 0 aliphatic heterocycles. The van der Waals surface area contributed by atoms with Crippen molar-refractivity contribution in [3.63, 3.8) is 0 Å². The van der Waals surface area contributed by atoms with Crippen LogP contribution in [0.1, 0.15) is 31.4 Å². The Labute approximate surface area is 96.5 Å². The van der Waals surface area contributed by atoms with E-state index in [-0.39, 0.29) is 0 Å². The largest absolute Gasteiger partial charge is 0.300 e. The number of Topliss-reactive ketones (excluding diaryl/α,β-unsaturated/α-hetero) is 1. The van der Waals surface area contributed by atoms with Crippen molar-refractivity contribution in [1.29, 1.82) is 0 Å². The predicted octanol–water partition coefficient (Wildman–Crippen LogP) is 2.03. The Morgan fingerprint density at radius 1 is 1.50 bits per heavy atom. The highest BCUT2D eigenvalue weighted by atomic mass is 16.1. The number of aromatic nitrogens is 1. The summed E-state index contributed by atoms with van der Waals surface area (Å²) >= 11 is 0. The molecule has 1 atom stereocenters. The zero-order valence-electron chi connectivity index (χ0n) is 9.72. The van der Waals surface area contributed by atoms with Crippen molar-refractivity contribution in [2.45, 2.75) is 38.3 Å². The zero-order chi connectivity index (χ0) is 11.4. The van der Waals surface area contributed by atoms with E-state index in [1.54, 1.807) is 0 Å². The topological polar surface area (TPSA) is 33.2 Å². The number of ketones is 1. The van der Waals surface area contributed by atoms with E-state index < -0.39 is 0 Å². The summed E-state index contributed by atoms with van der Waals surface area (Å²) in [5.41, 5.74) is 1.07. The first-order valence-corrected chi connectivity index (χ1v) is 5.87. The lowest BCUT2D eigenvalue weighted by Crippen LogP contribution is -2.35. The van der Waals surface area contributed by atoms with Crippen LogP contribution in [0, 0.1) is 0 Å². The highest BCUT2D eigenvalue weighted by Crippen LogP contribution is 2.20. The highest BCUT2D eigenvalue weighted by Gasteiger charge is 2.22. The van der Waals surface area contributed by atoms with Gasteiger partial charge in [0.2, 0.25) is 0 Å². The van der Waals surface area contributed by atoms with Crippen molar-refractivity contribution < 1.29 is 4.79 Å². The van der Waals surface area contributed by atoms with Crippen LogP contribution in [-0.4, -0.2) is 28.8 Å². The van der Waals surface area contributed by atoms with E-state index in [9.17, 15) is 4.79 Å². The average molecular weight is 218 g/mol. The molecule has 1 heterocycles. The second-order valence-corrected chi connectivity index (χ2v) is 4.53. The molecule has 0 amide bonds. The quantitative estimate of drug-likeness (QED) is 0.778. The fourth-order valence-electron chi connectivity index (χ4n) is 2.25. The Kier molecular flexibility index (Phi) is 3.67. The summed E-state index contributed by atoms with van der Waals surface area (Å²) in [6, 6.07) is 6.36. The Bertz CT molecular complexity index is 350. The van der Waals surface area contributed by atoms with Crippen LogP contribution in [0.2, 0.25) is 0 Å². The standard InChI is InChI=1S/C13H18N2O/c1-15(10-11-5-2-3-8-14-11)12-6-4-7-13(16)9-12/h2-3,5,8,12H,4,6-7,9-10H2,1H3. The first-order chi connectivity index (χ1) is 7.75. The molecular weight excluding hydrogens is 200 g/mol. The number of pyridine rings is 1. The van der Waals surface area contributed by atoms with Gasteiger partial charge < -0.3 is 0 Å². The van der Waals surface area contributed by atoms with Crippen LogP contribution in [0.4, 0.5) is 0 Å². The molecule has 0 aromatic carbocycles. The number of carbonyl (C=O) groups is 1. The van der Waals surface area contributed by atoms with Gasteiger partial charge in [-0.1, -0.05) is 6.07 Å². The fourth-order valence-corrected chi connectivity index (χ4v) is 2.25. The van der Waals surface area contributed by atoms with Gasteiger partial charge in [0.05, 0.1) is 5.69 Å². The molecule has 3 nitrogen and oxygen atoms in total.